The Bertz CT molecular complexity index is 1440. The summed E-state index contributed by atoms with van der Waals surface area (Å²) in [5, 5.41) is 0.510. The van der Waals surface area contributed by atoms with Crippen LogP contribution in [0.25, 0.3) is 0 Å². The zero-order valence-electron chi connectivity index (χ0n) is 17.9. The minimum Gasteiger partial charge on any atom is -0.489 e. The van der Waals surface area contributed by atoms with Crippen molar-refractivity contribution in [3.8, 4) is 5.75 Å². The molecule has 0 atom stereocenters. The number of imidazole rings is 1. The van der Waals surface area contributed by atoms with Crippen molar-refractivity contribution >= 4 is 54.8 Å². The van der Waals surface area contributed by atoms with Gasteiger partial charge in [0.1, 0.15) is 28.1 Å². The van der Waals surface area contributed by atoms with Gasteiger partial charge in [0.2, 0.25) is 0 Å². The average molecular weight is 581 g/mol. The number of nitrogens with one attached hydrogen (secondary N) is 1. The fourth-order valence-electron chi connectivity index (χ4n) is 3.12. The van der Waals surface area contributed by atoms with E-state index in [4.69, 9.17) is 16.3 Å². The molecule has 0 spiro atoms. The Labute approximate surface area is 214 Å². The molecule has 2 aromatic carbocycles. The van der Waals surface area contributed by atoms with E-state index in [1.807, 2.05) is 42.5 Å². The molecule has 0 radical (unpaired) electrons. The van der Waals surface area contributed by atoms with E-state index in [2.05, 4.69) is 25.6 Å². The SMILES string of the molecule is Cc1nc(C(=O)NS(=O)(=O)c2ccc(Br)s2)cn1Cc1ccc(OCc2ccccc2)cc1Cl. The summed E-state index contributed by atoms with van der Waals surface area (Å²) in [4.78, 5) is 16.8. The van der Waals surface area contributed by atoms with Gasteiger partial charge in [-0.1, -0.05) is 48.0 Å². The molecule has 0 aliphatic rings. The summed E-state index contributed by atoms with van der Waals surface area (Å²) < 4.78 is 35.1. The van der Waals surface area contributed by atoms with Gasteiger partial charge in [0.15, 0.2) is 0 Å². The van der Waals surface area contributed by atoms with Crippen LogP contribution in [0.5, 0.6) is 5.75 Å². The van der Waals surface area contributed by atoms with Gasteiger partial charge in [0.25, 0.3) is 15.9 Å². The van der Waals surface area contributed by atoms with Crippen LogP contribution in [0.15, 0.2) is 74.9 Å². The van der Waals surface area contributed by atoms with E-state index in [0.29, 0.717) is 33.5 Å². The Morgan fingerprint density at radius 3 is 2.62 bits per heavy atom. The molecule has 0 bridgehead atoms. The molecule has 7 nitrogen and oxygen atoms in total. The van der Waals surface area contributed by atoms with Gasteiger partial charge >= 0.3 is 0 Å². The highest BCUT2D eigenvalue weighted by Gasteiger charge is 2.22. The molecule has 1 amide bonds. The van der Waals surface area contributed by atoms with Gasteiger partial charge in [-0.2, -0.15) is 0 Å². The second-order valence-corrected chi connectivity index (χ2v) is 12.1. The molecular formula is C23H19BrClN3O4S2. The van der Waals surface area contributed by atoms with Crippen LogP contribution < -0.4 is 9.46 Å². The number of rotatable bonds is 8. The van der Waals surface area contributed by atoms with E-state index in [-0.39, 0.29) is 9.90 Å². The number of hydrogen-bond acceptors (Lipinski definition) is 6. The van der Waals surface area contributed by atoms with E-state index >= 15 is 0 Å². The highest BCUT2D eigenvalue weighted by molar-refractivity contribution is 9.11. The summed E-state index contributed by atoms with van der Waals surface area (Å²) in [7, 11) is -3.98. The van der Waals surface area contributed by atoms with E-state index in [0.717, 1.165) is 22.5 Å². The number of carbonyl (C=O) groups excluding carboxylic acids is 1. The maximum Gasteiger partial charge on any atom is 0.285 e. The fourth-order valence-corrected chi connectivity index (χ4v) is 6.32. The van der Waals surface area contributed by atoms with Crippen LogP contribution in [0.4, 0.5) is 0 Å². The van der Waals surface area contributed by atoms with Crippen LogP contribution in [0.2, 0.25) is 5.02 Å². The normalized spacial score (nSPS) is 11.4. The van der Waals surface area contributed by atoms with Crippen LogP contribution in [-0.2, 0) is 23.2 Å². The van der Waals surface area contributed by atoms with Crippen LogP contribution in [0.3, 0.4) is 0 Å². The molecule has 0 aliphatic carbocycles. The molecule has 0 saturated carbocycles. The molecule has 0 unspecified atom stereocenters. The lowest BCUT2D eigenvalue weighted by molar-refractivity contribution is 0.0977. The Hall–Kier alpha value is -2.66. The summed E-state index contributed by atoms with van der Waals surface area (Å²) >= 11 is 10.7. The number of amides is 1. The zero-order chi connectivity index (χ0) is 24.3. The summed E-state index contributed by atoms with van der Waals surface area (Å²) in [6.07, 6.45) is 1.50. The molecular weight excluding hydrogens is 562 g/mol. The quantitative estimate of drug-likeness (QED) is 0.301. The first kappa shape index (κ1) is 24.5. The number of benzene rings is 2. The van der Waals surface area contributed by atoms with Crippen molar-refractivity contribution in [1.82, 2.24) is 14.3 Å². The third kappa shape index (κ3) is 5.87. The molecule has 4 aromatic rings. The van der Waals surface area contributed by atoms with Gasteiger partial charge in [-0.25, -0.2) is 18.1 Å². The highest BCUT2D eigenvalue weighted by atomic mass is 79.9. The van der Waals surface area contributed by atoms with Crippen LogP contribution in [0.1, 0.15) is 27.4 Å². The van der Waals surface area contributed by atoms with Crippen LogP contribution >= 0.6 is 38.9 Å². The largest absolute Gasteiger partial charge is 0.489 e. The van der Waals surface area contributed by atoms with Gasteiger partial charge in [0.05, 0.1) is 10.3 Å². The second kappa shape index (κ2) is 10.3. The maximum atomic E-state index is 12.5. The van der Waals surface area contributed by atoms with E-state index < -0.39 is 15.9 Å². The molecule has 34 heavy (non-hydrogen) atoms. The van der Waals surface area contributed by atoms with E-state index in [1.54, 1.807) is 23.6 Å². The van der Waals surface area contributed by atoms with Gasteiger partial charge in [-0.3, -0.25) is 4.79 Å². The maximum absolute atomic E-state index is 12.5. The van der Waals surface area contributed by atoms with Crippen molar-refractivity contribution in [3.63, 3.8) is 0 Å². The van der Waals surface area contributed by atoms with Gasteiger partial charge in [-0.05, 0) is 58.2 Å². The predicted molar refractivity (Wildman–Crippen MR) is 135 cm³/mol. The molecule has 11 heteroatoms. The van der Waals surface area contributed by atoms with Gasteiger partial charge in [-0.15, -0.1) is 11.3 Å². The first-order chi connectivity index (χ1) is 16.2. The molecule has 0 saturated heterocycles. The fraction of sp³-hybridized carbons (Fsp3) is 0.130. The number of aromatic nitrogens is 2. The number of thiophene rings is 1. The Kier molecular flexibility index (Phi) is 7.42. The summed E-state index contributed by atoms with van der Waals surface area (Å²) in [5.74, 6) is 0.384. The van der Waals surface area contributed by atoms with E-state index in [9.17, 15) is 13.2 Å². The van der Waals surface area contributed by atoms with Crippen molar-refractivity contribution in [2.75, 3.05) is 0 Å². The summed E-state index contributed by atoms with van der Waals surface area (Å²) in [6.45, 7) is 2.52. The molecule has 176 valence electrons. The van der Waals surface area contributed by atoms with Crippen LogP contribution in [0, 0.1) is 6.92 Å². The highest BCUT2D eigenvalue weighted by Crippen LogP contribution is 2.26. The number of halogens is 2. The lowest BCUT2D eigenvalue weighted by Crippen LogP contribution is -2.30. The second-order valence-electron chi connectivity index (χ2n) is 7.32. The number of ether oxygens (including phenoxy) is 1. The molecule has 0 fully saturated rings. The van der Waals surface area contributed by atoms with Crippen molar-refractivity contribution in [1.29, 1.82) is 0 Å². The first-order valence-corrected chi connectivity index (χ1v) is 13.5. The Balaban J connectivity index is 1.43. The van der Waals surface area contributed by atoms with Crippen molar-refractivity contribution in [2.45, 2.75) is 24.3 Å². The number of hydrogen-bond donors (Lipinski definition) is 1. The third-order valence-corrected chi connectivity index (χ3v) is 8.66. The predicted octanol–water partition coefficient (Wildman–Crippen LogP) is 5.41. The Morgan fingerprint density at radius 1 is 1.18 bits per heavy atom. The lowest BCUT2D eigenvalue weighted by Gasteiger charge is -2.10. The van der Waals surface area contributed by atoms with E-state index in [1.165, 1.54) is 12.3 Å². The van der Waals surface area contributed by atoms with Gasteiger partial charge < -0.3 is 9.30 Å². The van der Waals surface area contributed by atoms with Crippen molar-refractivity contribution in [3.05, 3.63) is 98.3 Å². The van der Waals surface area contributed by atoms with Gasteiger partial charge in [0, 0.05) is 11.2 Å². The molecule has 0 aliphatic heterocycles. The number of aryl methyl sites for hydroxylation is 1. The standard InChI is InChI=1S/C23H19BrClN3O4S2/c1-15-26-20(23(29)27-34(30,31)22-10-9-21(24)33-22)13-28(15)12-17-7-8-18(11-19(17)25)32-14-16-5-3-2-4-6-16/h2-11,13H,12,14H2,1H3,(H,27,29). The lowest BCUT2D eigenvalue weighted by atomic mass is 10.2. The number of nitrogens with zero attached hydrogens (tertiary/aromatic N) is 2. The third-order valence-electron chi connectivity index (χ3n) is 4.86. The zero-order valence-corrected chi connectivity index (χ0v) is 21.8. The molecule has 2 aromatic heterocycles. The number of carbonyl (C=O) groups is 1. The number of sulfonamides is 1. The first-order valence-electron chi connectivity index (χ1n) is 10.0. The topological polar surface area (TPSA) is 90.3 Å². The minimum absolute atomic E-state index is 0.00404. The van der Waals surface area contributed by atoms with Crippen molar-refractivity contribution in [2.24, 2.45) is 0 Å². The van der Waals surface area contributed by atoms with Crippen LogP contribution in [-0.4, -0.2) is 23.9 Å². The molecule has 1 N–H and O–H groups in total. The summed E-state index contributed by atoms with van der Waals surface area (Å²) in [6, 6.07) is 18.3. The van der Waals surface area contributed by atoms with Crippen molar-refractivity contribution < 1.29 is 17.9 Å². The monoisotopic (exact) mass is 579 g/mol. The molecule has 4 rings (SSSR count). The smallest absolute Gasteiger partial charge is 0.285 e. The Morgan fingerprint density at radius 2 is 1.94 bits per heavy atom. The summed E-state index contributed by atoms with van der Waals surface area (Å²) in [5.41, 5.74) is 1.85. The minimum atomic E-state index is -3.98. The average Bonchev–Trinajstić information content (AvgIpc) is 3.41. The molecule has 2 heterocycles.